The second-order valence-corrected chi connectivity index (χ2v) is 4.45. The van der Waals surface area contributed by atoms with Crippen LogP contribution < -0.4 is 5.32 Å². The van der Waals surface area contributed by atoms with Crippen LogP contribution in [-0.2, 0) is 0 Å². The molecule has 0 aliphatic heterocycles. The van der Waals surface area contributed by atoms with Gasteiger partial charge in [0.2, 0.25) is 0 Å². The highest BCUT2D eigenvalue weighted by atomic mass is 79.9. The lowest BCUT2D eigenvalue weighted by Gasteiger charge is -2.16. The summed E-state index contributed by atoms with van der Waals surface area (Å²) in [5.74, 6) is 2.67. The van der Waals surface area contributed by atoms with Gasteiger partial charge in [0.15, 0.2) is 0 Å². The SMILES string of the molecule is C#CCC(NCC)c1ccc(Br)c(Cl)c1. The third-order valence-corrected chi connectivity index (χ3v) is 3.35. The van der Waals surface area contributed by atoms with Gasteiger partial charge in [0.25, 0.3) is 0 Å². The molecule has 0 fully saturated rings. The van der Waals surface area contributed by atoms with Crippen LogP contribution in [0.4, 0.5) is 0 Å². The molecule has 0 saturated heterocycles. The first-order chi connectivity index (χ1) is 7.19. The largest absolute Gasteiger partial charge is 0.309 e. The molecule has 0 amide bonds. The van der Waals surface area contributed by atoms with Crippen molar-refractivity contribution in [3.8, 4) is 12.3 Å². The molecule has 1 aromatic rings. The van der Waals surface area contributed by atoms with Crippen molar-refractivity contribution in [2.45, 2.75) is 19.4 Å². The van der Waals surface area contributed by atoms with Crippen molar-refractivity contribution in [3.63, 3.8) is 0 Å². The van der Waals surface area contributed by atoms with Crippen molar-refractivity contribution in [3.05, 3.63) is 33.3 Å². The van der Waals surface area contributed by atoms with Crippen molar-refractivity contribution in [2.75, 3.05) is 6.54 Å². The lowest BCUT2D eigenvalue weighted by Crippen LogP contribution is -2.20. The van der Waals surface area contributed by atoms with E-state index in [9.17, 15) is 0 Å². The Morgan fingerprint density at radius 3 is 2.87 bits per heavy atom. The second-order valence-electron chi connectivity index (χ2n) is 3.19. The Morgan fingerprint density at radius 2 is 2.33 bits per heavy atom. The Morgan fingerprint density at radius 1 is 1.60 bits per heavy atom. The quantitative estimate of drug-likeness (QED) is 0.831. The van der Waals surface area contributed by atoms with Crippen LogP contribution in [0.15, 0.2) is 22.7 Å². The van der Waals surface area contributed by atoms with Gasteiger partial charge in [0.05, 0.1) is 5.02 Å². The molecule has 0 aromatic heterocycles. The highest BCUT2D eigenvalue weighted by Crippen LogP contribution is 2.27. The van der Waals surface area contributed by atoms with Crippen LogP contribution in [0.5, 0.6) is 0 Å². The number of halogens is 2. The van der Waals surface area contributed by atoms with E-state index in [0.717, 1.165) is 16.6 Å². The van der Waals surface area contributed by atoms with Gasteiger partial charge in [0, 0.05) is 16.9 Å². The summed E-state index contributed by atoms with van der Waals surface area (Å²) < 4.78 is 0.906. The maximum absolute atomic E-state index is 6.03. The monoisotopic (exact) mass is 285 g/mol. The van der Waals surface area contributed by atoms with Crippen LogP contribution >= 0.6 is 27.5 Å². The van der Waals surface area contributed by atoms with Gasteiger partial charge in [0.1, 0.15) is 0 Å². The third kappa shape index (κ3) is 3.53. The van der Waals surface area contributed by atoms with Crippen LogP contribution in [0.2, 0.25) is 5.02 Å². The zero-order valence-electron chi connectivity index (χ0n) is 8.56. The Bertz CT molecular complexity index is 370. The van der Waals surface area contributed by atoms with Crippen LogP contribution in [0.25, 0.3) is 0 Å². The van der Waals surface area contributed by atoms with Crippen molar-refractivity contribution in [1.29, 1.82) is 0 Å². The molecule has 1 nitrogen and oxygen atoms in total. The molecule has 1 N–H and O–H groups in total. The zero-order chi connectivity index (χ0) is 11.3. The Balaban J connectivity index is 2.91. The van der Waals surface area contributed by atoms with E-state index >= 15 is 0 Å². The van der Waals surface area contributed by atoms with Crippen molar-refractivity contribution < 1.29 is 0 Å². The maximum atomic E-state index is 6.03. The van der Waals surface area contributed by atoms with Crippen LogP contribution in [0.1, 0.15) is 24.9 Å². The molecule has 1 aromatic carbocycles. The smallest absolute Gasteiger partial charge is 0.0551 e. The molecule has 0 aliphatic rings. The molecule has 3 heteroatoms. The topological polar surface area (TPSA) is 12.0 Å². The summed E-state index contributed by atoms with van der Waals surface area (Å²) >= 11 is 9.40. The Labute approximate surface area is 104 Å². The molecular formula is C12H13BrClN. The summed E-state index contributed by atoms with van der Waals surface area (Å²) in [6.45, 7) is 2.95. The minimum atomic E-state index is 0.186. The lowest BCUT2D eigenvalue weighted by molar-refractivity contribution is 0.565. The van der Waals surface area contributed by atoms with Gasteiger partial charge in [-0.1, -0.05) is 24.6 Å². The van der Waals surface area contributed by atoms with E-state index in [4.69, 9.17) is 18.0 Å². The molecule has 0 bridgehead atoms. The predicted molar refractivity (Wildman–Crippen MR) is 69.0 cm³/mol. The predicted octanol–water partition coefficient (Wildman–Crippen LogP) is 3.78. The average Bonchev–Trinajstić information content (AvgIpc) is 2.22. The molecular weight excluding hydrogens is 273 g/mol. The first-order valence-electron chi connectivity index (χ1n) is 4.80. The van der Waals surface area contributed by atoms with Crippen molar-refractivity contribution in [1.82, 2.24) is 5.32 Å². The van der Waals surface area contributed by atoms with Crippen LogP contribution in [-0.4, -0.2) is 6.54 Å². The molecule has 80 valence electrons. The van der Waals surface area contributed by atoms with E-state index in [1.807, 2.05) is 18.2 Å². The fraction of sp³-hybridized carbons (Fsp3) is 0.333. The van der Waals surface area contributed by atoms with E-state index in [2.05, 4.69) is 34.1 Å². The van der Waals surface area contributed by atoms with Gasteiger partial charge < -0.3 is 5.32 Å². The first kappa shape index (κ1) is 12.6. The van der Waals surface area contributed by atoms with Gasteiger partial charge in [-0.05, 0) is 40.2 Å². The molecule has 0 spiro atoms. The van der Waals surface area contributed by atoms with Gasteiger partial charge >= 0.3 is 0 Å². The minimum absolute atomic E-state index is 0.186. The summed E-state index contributed by atoms with van der Waals surface area (Å²) in [5.41, 5.74) is 1.13. The van der Waals surface area contributed by atoms with E-state index in [1.54, 1.807) is 0 Å². The highest BCUT2D eigenvalue weighted by molar-refractivity contribution is 9.10. The second kappa shape index (κ2) is 6.17. The third-order valence-electron chi connectivity index (χ3n) is 2.12. The van der Waals surface area contributed by atoms with Gasteiger partial charge in [-0.25, -0.2) is 0 Å². The van der Waals surface area contributed by atoms with Crippen LogP contribution in [0.3, 0.4) is 0 Å². The number of hydrogen-bond acceptors (Lipinski definition) is 1. The molecule has 0 aliphatic carbocycles. The summed E-state index contributed by atoms with van der Waals surface area (Å²) in [5, 5.41) is 4.05. The maximum Gasteiger partial charge on any atom is 0.0551 e. The molecule has 1 rings (SSSR count). The van der Waals surface area contributed by atoms with Crippen LogP contribution in [0, 0.1) is 12.3 Å². The number of nitrogens with one attached hydrogen (secondary N) is 1. The normalized spacial score (nSPS) is 12.1. The number of terminal acetylenes is 1. The van der Waals surface area contributed by atoms with E-state index in [1.165, 1.54) is 0 Å². The molecule has 1 atom stereocenters. The highest BCUT2D eigenvalue weighted by Gasteiger charge is 2.09. The summed E-state index contributed by atoms with van der Waals surface area (Å²) in [7, 11) is 0. The van der Waals surface area contributed by atoms with Crippen molar-refractivity contribution >= 4 is 27.5 Å². The van der Waals surface area contributed by atoms with E-state index in [0.29, 0.717) is 11.4 Å². The fourth-order valence-corrected chi connectivity index (χ4v) is 1.84. The Kier molecular flexibility index (Phi) is 5.17. The zero-order valence-corrected chi connectivity index (χ0v) is 10.9. The minimum Gasteiger partial charge on any atom is -0.309 e. The van der Waals surface area contributed by atoms with E-state index in [-0.39, 0.29) is 6.04 Å². The molecule has 15 heavy (non-hydrogen) atoms. The number of rotatable bonds is 4. The van der Waals surface area contributed by atoms with Crippen molar-refractivity contribution in [2.24, 2.45) is 0 Å². The summed E-state index contributed by atoms with van der Waals surface area (Å²) in [4.78, 5) is 0. The fourth-order valence-electron chi connectivity index (χ4n) is 1.40. The van der Waals surface area contributed by atoms with Gasteiger partial charge in [-0.3, -0.25) is 0 Å². The first-order valence-corrected chi connectivity index (χ1v) is 5.98. The van der Waals surface area contributed by atoms with Gasteiger partial charge in [-0.2, -0.15) is 0 Å². The lowest BCUT2D eigenvalue weighted by atomic mass is 10.0. The number of benzene rings is 1. The summed E-state index contributed by atoms with van der Waals surface area (Å²) in [6.07, 6.45) is 6.01. The van der Waals surface area contributed by atoms with Gasteiger partial charge in [-0.15, -0.1) is 12.3 Å². The molecule has 1 unspecified atom stereocenters. The number of hydrogen-bond donors (Lipinski definition) is 1. The Hall–Kier alpha value is -0.490. The molecule has 0 saturated carbocycles. The summed E-state index contributed by atoms with van der Waals surface area (Å²) in [6, 6.07) is 6.10. The van der Waals surface area contributed by atoms with E-state index < -0.39 is 0 Å². The average molecular weight is 287 g/mol. The molecule has 0 radical (unpaired) electrons. The standard InChI is InChI=1S/C12H13BrClN/c1-3-5-12(15-4-2)9-6-7-10(13)11(14)8-9/h1,6-8,12,15H,4-5H2,2H3. The molecule has 0 heterocycles.